The van der Waals surface area contributed by atoms with Crippen LogP contribution in [-0.2, 0) is 16.0 Å². The Hall–Kier alpha value is -2.32. The standard InChI is InChI=1S/C9H9F2N3O4/c1-18-6(15)2-4-7(9(10)11)8(12)5(3-13-4)14(16)17/h3,9H,2H2,1H3,(H2,12,13). The van der Waals surface area contributed by atoms with Crippen molar-refractivity contribution in [2.24, 2.45) is 0 Å². The number of pyridine rings is 1. The fourth-order valence-electron chi connectivity index (χ4n) is 1.31. The molecule has 1 aromatic rings. The predicted molar refractivity (Wildman–Crippen MR) is 56.0 cm³/mol. The number of halogens is 2. The van der Waals surface area contributed by atoms with Crippen LogP contribution in [0.25, 0.3) is 0 Å². The number of aromatic nitrogens is 1. The number of hydrogen-bond donors (Lipinski definition) is 1. The molecular formula is C9H9F2N3O4. The Balaban J connectivity index is 3.32. The van der Waals surface area contributed by atoms with E-state index >= 15 is 0 Å². The number of carbonyl (C=O) groups is 1. The van der Waals surface area contributed by atoms with Crippen LogP contribution in [0.15, 0.2) is 6.20 Å². The summed E-state index contributed by atoms with van der Waals surface area (Å²) in [6.07, 6.45) is -2.87. The molecule has 0 aromatic carbocycles. The van der Waals surface area contributed by atoms with Crippen LogP contribution in [0.3, 0.4) is 0 Å². The van der Waals surface area contributed by atoms with Crippen molar-refractivity contribution < 1.29 is 23.2 Å². The third kappa shape index (κ3) is 2.67. The van der Waals surface area contributed by atoms with Crippen LogP contribution < -0.4 is 5.73 Å². The Labute approximate surface area is 99.7 Å². The zero-order chi connectivity index (χ0) is 13.9. The summed E-state index contributed by atoms with van der Waals surface area (Å²) in [5, 5.41) is 10.5. The Morgan fingerprint density at radius 3 is 2.72 bits per heavy atom. The number of alkyl halides is 2. The van der Waals surface area contributed by atoms with E-state index in [9.17, 15) is 23.7 Å². The SMILES string of the molecule is COC(=O)Cc1ncc([N+](=O)[O-])c(N)c1C(F)F. The molecule has 1 rings (SSSR count). The van der Waals surface area contributed by atoms with Crippen LogP contribution in [0.1, 0.15) is 17.7 Å². The molecule has 0 saturated heterocycles. The van der Waals surface area contributed by atoms with Crippen LogP contribution in [0.5, 0.6) is 0 Å². The van der Waals surface area contributed by atoms with Gasteiger partial charge in [-0.1, -0.05) is 0 Å². The van der Waals surface area contributed by atoms with Crippen molar-refractivity contribution in [2.45, 2.75) is 12.8 Å². The van der Waals surface area contributed by atoms with Gasteiger partial charge in [0.15, 0.2) is 0 Å². The number of anilines is 1. The number of carbonyl (C=O) groups excluding carboxylic acids is 1. The highest BCUT2D eigenvalue weighted by Crippen LogP contribution is 2.33. The number of nitro groups is 1. The van der Waals surface area contributed by atoms with Gasteiger partial charge >= 0.3 is 11.7 Å². The Kier molecular flexibility index (Phi) is 4.08. The maximum absolute atomic E-state index is 12.8. The van der Waals surface area contributed by atoms with E-state index in [1.54, 1.807) is 0 Å². The number of nitrogens with zero attached hydrogens (tertiary/aromatic N) is 2. The first kappa shape index (κ1) is 13.7. The van der Waals surface area contributed by atoms with E-state index < -0.39 is 40.7 Å². The van der Waals surface area contributed by atoms with E-state index in [2.05, 4.69) is 9.72 Å². The molecule has 7 nitrogen and oxygen atoms in total. The van der Waals surface area contributed by atoms with Gasteiger partial charge in [-0.25, -0.2) is 8.78 Å². The monoisotopic (exact) mass is 261 g/mol. The Morgan fingerprint density at radius 1 is 1.67 bits per heavy atom. The predicted octanol–water partition coefficient (Wildman–Crippen LogP) is 1.23. The van der Waals surface area contributed by atoms with Crippen molar-refractivity contribution in [1.82, 2.24) is 4.98 Å². The van der Waals surface area contributed by atoms with Crippen LogP contribution >= 0.6 is 0 Å². The third-order valence-electron chi connectivity index (χ3n) is 2.17. The quantitative estimate of drug-likeness (QED) is 0.496. The van der Waals surface area contributed by atoms with Crippen molar-refractivity contribution in [3.8, 4) is 0 Å². The highest BCUT2D eigenvalue weighted by molar-refractivity contribution is 5.74. The van der Waals surface area contributed by atoms with E-state index in [0.717, 1.165) is 13.3 Å². The second-order valence-electron chi connectivity index (χ2n) is 3.23. The van der Waals surface area contributed by atoms with Crippen molar-refractivity contribution in [1.29, 1.82) is 0 Å². The second kappa shape index (κ2) is 5.34. The summed E-state index contributed by atoms with van der Waals surface area (Å²) in [5.74, 6) is -0.794. The average molecular weight is 261 g/mol. The van der Waals surface area contributed by atoms with Gasteiger partial charge in [0, 0.05) is 0 Å². The zero-order valence-electron chi connectivity index (χ0n) is 9.22. The summed E-state index contributed by atoms with van der Waals surface area (Å²) in [5.41, 5.74) is 2.73. The maximum Gasteiger partial charge on any atom is 0.311 e. The lowest BCUT2D eigenvalue weighted by Crippen LogP contribution is -2.12. The van der Waals surface area contributed by atoms with Gasteiger partial charge in [-0.15, -0.1) is 0 Å². The molecule has 1 heterocycles. The van der Waals surface area contributed by atoms with Gasteiger partial charge < -0.3 is 10.5 Å². The van der Waals surface area contributed by atoms with Gasteiger partial charge in [0.25, 0.3) is 6.43 Å². The first-order valence-electron chi connectivity index (χ1n) is 4.65. The maximum atomic E-state index is 12.8. The van der Waals surface area contributed by atoms with E-state index in [-0.39, 0.29) is 5.69 Å². The lowest BCUT2D eigenvalue weighted by molar-refractivity contribution is -0.384. The summed E-state index contributed by atoms with van der Waals surface area (Å²) < 4.78 is 29.9. The van der Waals surface area contributed by atoms with E-state index in [1.807, 2.05) is 0 Å². The van der Waals surface area contributed by atoms with Crippen molar-refractivity contribution in [3.63, 3.8) is 0 Å². The Bertz CT molecular complexity index is 493. The molecule has 18 heavy (non-hydrogen) atoms. The molecule has 0 atom stereocenters. The first-order chi connectivity index (χ1) is 8.38. The fraction of sp³-hybridized carbons (Fsp3) is 0.333. The summed E-state index contributed by atoms with van der Waals surface area (Å²) >= 11 is 0. The molecule has 0 spiro atoms. The van der Waals surface area contributed by atoms with Crippen LogP contribution in [-0.4, -0.2) is 23.0 Å². The van der Waals surface area contributed by atoms with Crippen molar-refractivity contribution in [2.75, 3.05) is 12.8 Å². The molecule has 98 valence electrons. The topological polar surface area (TPSA) is 108 Å². The van der Waals surface area contributed by atoms with E-state index in [0.29, 0.717) is 0 Å². The number of hydrogen-bond acceptors (Lipinski definition) is 6. The summed E-state index contributed by atoms with van der Waals surface area (Å²) in [7, 11) is 1.08. The highest BCUT2D eigenvalue weighted by atomic mass is 19.3. The third-order valence-corrected chi connectivity index (χ3v) is 2.17. The molecule has 0 amide bonds. The van der Waals surface area contributed by atoms with Crippen LogP contribution in [0.4, 0.5) is 20.2 Å². The minimum Gasteiger partial charge on any atom is -0.469 e. The molecule has 0 aliphatic carbocycles. The molecule has 2 N–H and O–H groups in total. The second-order valence-corrected chi connectivity index (χ2v) is 3.23. The zero-order valence-corrected chi connectivity index (χ0v) is 9.22. The van der Waals surface area contributed by atoms with Crippen molar-refractivity contribution in [3.05, 3.63) is 27.6 Å². The number of methoxy groups -OCH3 is 1. The molecule has 0 aliphatic heterocycles. The van der Waals surface area contributed by atoms with Crippen LogP contribution in [0.2, 0.25) is 0 Å². The molecule has 0 bridgehead atoms. The summed E-state index contributed by atoms with van der Waals surface area (Å²) in [6, 6.07) is 0. The molecule has 0 saturated carbocycles. The van der Waals surface area contributed by atoms with Gasteiger partial charge in [0.1, 0.15) is 11.9 Å². The summed E-state index contributed by atoms with van der Waals surface area (Å²) in [6.45, 7) is 0. The summed E-state index contributed by atoms with van der Waals surface area (Å²) in [4.78, 5) is 24.1. The molecule has 1 aromatic heterocycles. The first-order valence-corrected chi connectivity index (χ1v) is 4.65. The van der Waals surface area contributed by atoms with E-state index in [4.69, 9.17) is 5.73 Å². The van der Waals surface area contributed by atoms with Gasteiger partial charge in [-0.2, -0.15) is 0 Å². The molecule has 9 heteroatoms. The number of rotatable bonds is 4. The number of nitrogen functional groups attached to an aromatic ring is 1. The lowest BCUT2D eigenvalue weighted by atomic mass is 10.1. The molecule has 0 aliphatic rings. The minimum absolute atomic E-state index is 0.333. The molecule has 0 fully saturated rings. The van der Waals surface area contributed by atoms with Gasteiger partial charge in [0.05, 0.1) is 29.7 Å². The van der Waals surface area contributed by atoms with Gasteiger partial charge in [0.2, 0.25) is 0 Å². The average Bonchev–Trinajstić information content (AvgIpc) is 2.27. The molecule has 0 unspecified atom stereocenters. The lowest BCUT2D eigenvalue weighted by Gasteiger charge is -2.09. The fourth-order valence-corrected chi connectivity index (χ4v) is 1.31. The largest absolute Gasteiger partial charge is 0.469 e. The van der Waals surface area contributed by atoms with Crippen molar-refractivity contribution >= 4 is 17.3 Å². The van der Waals surface area contributed by atoms with Gasteiger partial charge in [-0.3, -0.25) is 19.9 Å². The molecular weight excluding hydrogens is 252 g/mol. The molecule has 0 radical (unpaired) electrons. The number of esters is 1. The highest BCUT2D eigenvalue weighted by Gasteiger charge is 2.26. The number of ether oxygens (including phenoxy) is 1. The Morgan fingerprint density at radius 2 is 2.28 bits per heavy atom. The van der Waals surface area contributed by atoms with Gasteiger partial charge in [-0.05, 0) is 0 Å². The normalized spacial score (nSPS) is 10.4. The number of nitrogens with two attached hydrogens (primary N) is 1. The van der Waals surface area contributed by atoms with E-state index in [1.165, 1.54) is 0 Å². The minimum atomic E-state index is -3.07. The smallest absolute Gasteiger partial charge is 0.311 e. The van der Waals surface area contributed by atoms with Crippen LogP contribution in [0, 0.1) is 10.1 Å².